The number of nitrogens with zero attached hydrogens (tertiary/aromatic N) is 3. The van der Waals surface area contributed by atoms with Gasteiger partial charge in [0.1, 0.15) is 6.33 Å². The zero-order chi connectivity index (χ0) is 12.9. The Balaban J connectivity index is 1.69. The molecule has 0 saturated heterocycles. The van der Waals surface area contributed by atoms with Gasteiger partial charge >= 0.3 is 0 Å². The van der Waals surface area contributed by atoms with Gasteiger partial charge in [0.15, 0.2) is 5.82 Å². The maximum Gasteiger partial charge on any atom is 0.181 e. The fourth-order valence-corrected chi connectivity index (χ4v) is 2.01. The summed E-state index contributed by atoms with van der Waals surface area (Å²) in [5, 5.41) is 4.50. The SMILES string of the molecule is c1ccc(CCn2cnc(-c3ccccc3)n2)cc1. The van der Waals surface area contributed by atoms with Crippen LogP contribution in [-0.4, -0.2) is 14.8 Å². The van der Waals surface area contributed by atoms with Crippen LogP contribution in [0, 0.1) is 0 Å². The molecule has 0 atom stereocenters. The fourth-order valence-electron chi connectivity index (χ4n) is 2.01. The molecule has 0 spiro atoms. The second-order valence-corrected chi connectivity index (χ2v) is 4.43. The van der Waals surface area contributed by atoms with Crippen LogP contribution >= 0.6 is 0 Å². The molecule has 3 nitrogen and oxygen atoms in total. The van der Waals surface area contributed by atoms with Crippen molar-refractivity contribution in [2.45, 2.75) is 13.0 Å². The highest BCUT2D eigenvalue weighted by molar-refractivity contribution is 5.53. The lowest BCUT2D eigenvalue weighted by Gasteiger charge is -2.00. The Morgan fingerprint density at radius 2 is 1.53 bits per heavy atom. The highest BCUT2D eigenvalue weighted by Gasteiger charge is 2.03. The molecule has 0 bridgehead atoms. The summed E-state index contributed by atoms with van der Waals surface area (Å²) in [6.07, 6.45) is 2.77. The molecule has 0 unspecified atom stereocenters. The molecule has 0 amide bonds. The van der Waals surface area contributed by atoms with Crippen molar-refractivity contribution in [3.63, 3.8) is 0 Å². The van der Waals surface area contributed by atoms with E-state index >= 15 is 0 Å². The molecule has 0 aliphatic carbocycles. The molecule has 19 heavy (non-hydrogen) atoms. The van der Waals surface area contributed by atoms with Crippen molar-refractivity contribution in [1.29, 1.82) is 0 Å². The van der Waals surface area contributed by atoms with E-state index < -0.39 is 0 Å². The molecule has 2 aromatic carbocycles. The average molecular weight is 249 g/mol. The molecular formula is C16H15N3. The van der Waals surface area contributed by atoms with Crippen molar-refractivity contribution >= 4 is 0 Å². The number of hydrogen-bond donors (Lipinski definition) is 0. The summed E-state index contributed by atoms with van der Waals surface area (Å²) >= 11 is 0. The van der Waals surface area contributed by atoms with E-state index in [1.54, 1.807) is 6.33 Å². The summed E-state index contributed by atoms with van der Waals surface area (Å²) < 4.78 is 1.90. The summed E-state index contributed by atoms with van der Waals surface area (Å²) in [7, 11) is 0. The topological polar surface area (TPSA) is 30.7 Å². The summed E-state index contributed by atoms with van der Waals surface area (Å²) in [6, 6.07) is 20.5. The minimum atomic E-state index is 0.786. The summed E-state index contributed by atoms with van der Waals surface area (Å²) in [5.74, 6) is 0.786. The van der Waals surface area contributed by atoms with Gasteiger partial charge in [-0.25, -0.2) is 4.98 Å². The van der Waals surface area contributed by atoms with E-state index in [4.69, 9.17) is 0 Å². The van der Waals surface area contributed by atoms with Gasteiger partial charge in [-0.2, -0.15) is 5.10 Å². The first-order valence-corrected chi connectivity index (χ1v) is 6.40. The molecule has 0 radical (unpaired) electrons. The molecule has 3 heteroatoms. The van der Waals surface area contributed by atoms with Crippen LogP contribution in [0.3, 0.4) is 0 Å². The Bertz CT molecular complexity index is 629. The predicted molar refractivity (Wildman–Crippen MR) is 75.6 cm³/mol. The largest absolute Gasteiger partial charge is 0.252 e. The van der Waals surface area contributed by atoms with Crippen molar-refractivity contribution < 1.29 is 0 Å². The summed E-state index contributed by atoms with van der Waals surface area (Å²) in [6.45, 7) is 0.851. The number of rotatable bonds is 4. The Morgan fingerprint density at radius 1 is 0.842 bits per heavy atom. The third kappa shape index (κ3) is 2.88. The molecule has 0 fully saturated rings. The van der Waals surface area contributed by atoms with Gasteiger partial charge in [-0.1, -0.05) is 60.7 Å². The molecule has 0 aliphatic heterocycles. The minimum absolute atomic E-state index is 0.786. The van der Waals surface area contributed by atoms with Gasteiger partial charge in [0.05, 0.1) is 0 Å². The molecular weight excluding hydrogens is 234 g/mol. The van der Waals surface area contributed by atoms with E-state index in [1.807, 2.05) is 41.1 Å². The first-order chi connectivity index (χ1) is 9.42. The smallest absolute Gasteiger partial charge is 0.181 e. The Labute approximate surface area is 112 Å². The van der Waals surface area contributed by atoms with Crippen LogP contribution in [0.25, 0.3) is 11.4 Å². The van der Waals surface area contributed by atoms with Crippen molar-refractivity contribution in [3.8, 4) is 11.4 Å². The van der Waals surface area contributed by atoms with Gasteiger partial charge in [-0.05, 0) is 12.0 Å². The van der Waals surface area contributed by atoms with Gasteiger partial charge in [0.25, 0.3) is 0 Å². The monoisotopic (exact) mass is 249 g/mol. The van der Waals surface area contributed by atoms with E-state index in [-0.39, 0.29) is 0 Å². The standard InChI is InChI=1S/C16H15N3/c1-3-7-14(8-4-1)11-12-19-13-17-16(18-19)15-9-5-2-6-10-15/h1-10,13H,11-12H2. The lowest BCUT2D eigenvalue weighted by Crippen LogP contribution is -2.01. The maximum absolute atomic E-state index is 4.50. The number of aromatic nitrogens is 3. The Hall–Kier alpha value is -2.42. The zero-order valence-corrected chi connectivity index (χ0v) is 10.6. The van der Waals surface area contributed by atoms with Crippen LogP contribution in [0.5, 0.6) is 0 Å². The van der Waals surface area contributed by atoms with Gasteiger partial charge < -0.3 is 0 Å². The third-order valence-electron chi connectivity index (χ3n) is 3.04. The van der Waals surface area contributed by atoms with E-state index in [1.165, 1.54) is 5.56 Å². The molecule has 0 aliphatic rings. The third-order valence-corrected chi connectivity index (χ3v) is 3.04. The van der Waals surface area contributed by atoms with Crippen molar-refractivity contribution in [1.82, 2.24) is 14.8 Å². The van der Waals surface area contributed by atoms with Crippen LogP contribution in [-0.2, 0) is 13.0 Å². The van der Waals surface area contributed by atoms with Gasteiger partial charge in [-0.15, -0.1) is 0 Å². The highest BCUT2D eigenvalue weighted by Crippen LogP contribution is 2.13. The van der Waals surface area contributed by atoms with Crippen LogP contribution < -0.4 is 0 Å². The van der Waals surface area contributed by atoms with Gasteiger partial charge in [0, 0.05) is 12.1 Å². The van der Waals surface area contributed by atoms with Crippen LogP contribution in [0.15, 0.2) is 67.0 Å². The summed E-state index contributed by atoms with van der Waals surface area (Å²) in [5.41, 5.74) is 2.38. The van der Waals surface area contributed by atoms with E-state index in [0.29, 0.717) is 0 Å². The zero-order valence-electron chi connectivity index (χ0n) is 10.6. The van der Waals surface area contributed by atoms with E-state index in [0.717, 1.165) is 24.4 Å². The number of hydrogen-bond acceptors (Lipinski definition) is 2. The average Bonchev–Trinajstić information content (AvgIpc) is 2.96. The predicted octanol–water partition coefficient (Wildman–Crippen LogP) is 3.19. The highest BCUT2D eigenvalue weighted by atomic mass is 15.3. The van der Waals surface area contributed by atoms with Crippen LogP contribution in [0.2, 0.25) is 0 Å². The van der Waals surface area contributed by atoms with E-state index in [2.05, 4.69) is 34.3 Å². The molecule has 0 N–H and O–H groups in total. The molecule has 0 saturated carbocycles. The first-order valence-electron chi connectivity index (χ1n) is 6.40. The number of aryl methyl sites for hydroxylation is 2. The minimum Gasteiger partial charge on any atom is -0.252 e. The molecule has 94 valence electrons. The first kappa shape index (κ1) is 11.7. The van der Waals surface area contributed by atoms with E-state index in [9.17, 15) is 0 Å². The quantitative estimate of drug-likeness (QED) is 0.711. The van der Waals surface area contributed by atoms with Crippen LogP contribution in [0.4, 0.5) is 0 Å². The maximum atomic E-state index is 4.50. The fraction of sp³-hybridized carbons (Fsp3) is 0.125. The van der Waals surface area contributed by atoms with Crippen molar-refractivity contribution in [2.24, 2.45) is 0 Å². The van der Waals surface area contributed by atoms with Gasteiger partial charge in [0.2, 0.25) is 0 Å². The second kappa shape index (κ2) is 5.48. The van der Waals surface area contributed by atoms with Gasteiger partial charge in [-0.3, -0.25) is 4.68 Å². The molecule has 3 aromatic rings. The second-order valence-electron chi connectivity index (χ2n) is 4.43. The molecule has 3 rings (SSSR count). The number of benzene rings is 2. The summed E-state index contributed by atoms with van der Waals surface area (Å²) in [4.78, 5) is 4.35. The normalized spacial score (nSPS) is 10.5. The Morgan fingerprint density at radius 3 is 2.26 bits per heavy atom. The Kier molecular flexibility index (Phi) is 3.36. The lowest BCUT2D eigenvalue weighted by molar-refractivity contribution is 0.614. The lowest BCUT2D eigenvalue weighted by atomic mass is 10.2. The van der Waals surface area contributed by atoms with Crippen molar-refractivity contribution in [3.05, 3.63) is 72.6 Å². The van der Waals surface area contributed by atoms with Crippen molar-refractivity contribution in [2.75, 3.05) is 0 Å². The molecule has 1 aromatic heterocycles. The van der Waals surface area contributed by atoms with Crippen LogP contribution in [0.1, 0.15) is 5.56 Å². The molecule has 1 heterocycles.